The topological polar surface area (TPSA) is 72.5 Å². The van der Waals surface area contributed by atoms with Gasteiger partial charge in [-0.05, 0) is 0 Å². The quantitative estimate of drug-likeness (QED) is 0.344. The lowest BCUT2D eigenvalue weighted by molar-refractivity contribution is 0.109. The Bertz CT molecular complexity index is 87.9. The number of hydrogen-bond acceptors (Lipinski definition) is 4. The summed E-state index contributed by atoms with van der Waals surface area (Å²) in [6, 6.07) is 0. The predicted octanol–water partition coefficient (Wildman–Crippen LogP) is 0.330. The fourth-order valence-electron chi connectivity index (χ4n) is 0.234. The molecule has 0 saturated carbocycles. The molecule has 4 nitrogen and oxygen atoms in total. The lowest BCUT2D eigenvalue weighted by Crippen LogP contribution is -2.04. The van der Waals surface area contributed by atoms with Crippen molar-refractivity contribution in [2.75, 3.05) is 18.2 Å². The van der Waals surface area contributed by atoms with E-state index in [-0.39, 0.29) is 5.94 Å². The molecule has 0 saturated heterocycles. The van der Waals surface area contributed by atoms with Crippen LogP contribution in [0.3, 0.4) is 0 Å². The molecular weight excluding hydrogens is 142 g/mol. The van der Waals surface area contributed by atoms with Gasteiger partial charge in [-0.25, -0.2) is 4.79 Å². The van der Waals surface area contributed by atoms with Crippen LogP contribution in [0, 0.1) is 0 Å². The third-order valence-electron chi connectivity index (χ3n) is 0.528. The van der Waals surface area contributed by atoms with E-state index in [2.05, 4.69) is 4.74 Å². The Morgan fingerprint density at radius 1 is 1.78 bits per heavy atom. The van der Waals surface area contributed by atoms with Gasteiger partial charge >= 0.3 is 6.16 Å². The van der Waals surface area contributed by atoms with Crippen LogP contribution >= 0.6 is 11.8 Å². The molecule has 0 heterocycles. The Morgan fingerprint density at radius 2 is 2.44 bits per heavy atom. The smallest absolute Gasteiger partial charge is 0.450 e. The summed E-state index contributed by atoms with van der Waals surface area (Å²) in [6.07, 6.45) is -1.24. The largest absolute Gasteiger partial charge is 0.506 e. The molecule has 0 amide bonds. The molecule has 9 heavy (non-hydrogen) atoms. The molecule has 0 aromatic carbocycles. The molecule has 0 atom stereocenters. The van der Waals surface area contributed by atoms with E-state index in [1.165, 1.54) is 11.8 Å². The van der Waals surface area contributed by atoms with Crippen LogP contribution < -0.4 is 5.73 Å². The lowest BCUT2D eigenvalue weighted by atomic mass is 10.8. The average molecular weight is 151 g/mol. The summed E-state index contributed by atoms with van der Waals surface area (Å²) in [4.78, 5) is 9.70. The molecule has 0 spiro atoms. The molecule has 0 aliphatic carbocycles. The van der Waals surface area contributed by atoms with E-state index >= 15 is 0 Å². The number of thioether (sulfide) groups is 1. The van der Waals surface area contributed by atoms with Crippen molar-refractivity contribution in [3.8, 4) is 0 Å². The summed E-state index contributed by atoms with van der Waals surface area (Å²) in [5.74, 6) is 0.903. The second-order valence-electron chi connectivity index (χ2n) is 1.23. The molecule has 0 aromatic heterocycles. The van der Waals surface area contributed by atoms with Crippen molar-refractivity contribution in [1.29, 1.82) is 0 Å². The van der Waals surface area contributed by atoms with Gasteiger partial charge in [0.05, 0.1) is 0 Å². The second-order valence-corrected chi connectivity index (χ2v) is 2.28. The Labute approximate surface area is 57.4 Å². The first-order chi connectivity index (χ1) is 4.27. The minimum absolute atomic E-state index is 0.173. The summed E-state index contributed by atoms with van der Waals surface area (Å²) in [6.45, 7) is 0.549. The van der Waals surface area contributed by atoms with Crippen LogP contribution in [0.2, 0.25) is 0 Å². The number of carboxylic acid groups (broad SMARTS) is 1. The molecule has 0 aromatic rings. The zero-order chi connectivity index (χ0) is 7.11. The number of rotatable bonds is 4. The summed E-state index contributed by atoms with van der Waals surface area (Å²) >= 11 is 1.35. The zero-order valence-corrected chi connectivity index (χ0v) is 5.69. The fourth-order valence-corrected chi connectivity index (χ4v) is 0.703. The molecule has 54 valence electrons. The van der Waals surface area contributed by atoms with Crippen LogP contribution in [-0.2, 0) is 4.74 Å². The van der Waals surface area contributed by atoms with E-state index in [1.807, 2.05) is 0 Å². The molecule has 0 aliphatic rings. The van der Waals surface area contributed by atoms with Gasteiger partial charge in [0, 0.05) is 12.3 Å². The maximum Gasteiger partial charge on any atom is 0.506 e. The van der Waals surface area contributed by atoms with Crippen LogP contribution in [0.5, 0.6) is 0 Å². The Morgan fingerprint density at radius 3 is 2.89 bits per heavy atom. The minimum Gasteiger partial charge on any atom is -0.450 e. The SMILES string of the molecule is NCCSCOC(=O)O. The van der Waals surface area contributed by atoms with Crippen LogP contribution in [0.4, 0.5) is 4.79 Å². The van der Waals surface area contributed by atoms with Gasteiger partial charge in [0.1, 0.15) is 5.94 Å². The van der Waals surface area contributed by atoms with Crippen molar-refractivity contribution in [2.24, 2.45) is 5.73 Å². The van der Waals surface area contributed by atoms with Gasteiger partial charge in [-0.1, -0.05) is 0 Å². The summed E-state index contributed by atoms with van der Waals surface area (Å²) in [5, 5.41) is 7.95. The molecule has 5 heteroatoms. The Hall–Kier alpha value is -0.420. The lowest BCUT2D eigenvalue weighted by Gasteiger charge is -1.96. The fraction of sp³-hybridized carbons (Fsp3) is 0.750. The second kappa shape index (κ2) is 5.71. The molecule has 0 unspecified atom stereocenters. The highest BCUT2D eigenvalue weighted by molar-refractivity contribution is 7.99. The summed E-state index contributed by atoms with van der Waals surface area (Å²) in [7, 11) is 0. The molecule has 0 aliphatic heterocycles. The van der Waals surface area contributed by atoms with Crippen molar-refractivity contribution in [3.63, 3.8) is 0 Å². The van der Waals surface area contributed by atoms with Gasteiger partial charge in [-0.2, -0.15) is 0 Å². The highest BCUT2D eigenvalue weighted by Crippen LogP contribution is 1.97. The highest BCUT2D eigenvalue weighted by atomic mass is 32.2. The van der Waals surface area contributed by atoms with Gasteiger partial charge in [-0.15, -0.1) is 11.8 Å². The molecular formula is C4H9NO3S. The standard InChI is InChI=1S/C4H9NO3S/c5-1-2-9-3-8-4(6)7/h1-3,5H2,(H,6,7). The maximum atomic E-state index is 9.70. The van der Waals surface area contributed by atoms with E-state index < -0.39 is 6.16 Å². The monoisotopic (exact) mass is 151 g/mol. The average Bonchev–Trinajstić information content (AvgIpc) is 1.80. The number of ether oxygens (including phenoxy) is 1. The summed E-state index contributed by atoms with van der Waals surface area (Å²) in [5.41, 5.74) is 5.12. The van der Waals surface area contributed by atoms with E-state index in [1.54, 1.807) is 0 Å². The number of carbonyl (C=O) groups is 1. The molecule has 0 radical (unpaired) electrons. The first kappa shape index (κ1) is 8.58. The minimum atomic E-state index is -1.24. The number of hydrogen-bond donors (Lipinski definition) is 2. The van der Waals surface area contributed by atoms with E-state index in [0.29, 0.717) is 6.54 Å². The highest BCUT2D eigenvalue weighted by Gasteiger charge is 1.93. The molecule has 0 rings (SSSR count). The van der Waals surface area contributed by atoms with Crippen LogP contribution in [0.15, 0.2) is 0 Å². The van der Waals surface area contributed by atoms with Gasteiger partial charge in [0.15, 0.2) is 0 Å². The normalized spacial score (nSPS) is 9.00. The maximum absolute atomic E-state index is 9.70. The Balaban J connectivity index is 2.83. The van der Waals surface area contributed by atoms with Crippen LogP contribution in [0.1, 0.15) is 0 Å². The Kier molecular flexibility index (Phi) is 5.45. The first-order valence-corrected chi connectivity index (χ1v) is 3.56. The van der Waals surface area contributed by atoms with E-state index in [9.17, 15) is 4.79 Å². The van der Waals surface area contributed by atoms with Gasteiger partial charge in [-0.3, -0.25) is 0 Å². The van der Waals surface area contributed by atoms with Gasteiger partial charge in [0.25, 0.3) is 0 Å². The van der Waals surface area contributed by atoms with Gasteiger partial charge in [0.2, 0.25) is 0 Å². The number of nitrogens with two attached hydrogens (primary N) is 1. The third-order valence-corrected chi connectivity index (χ3v) is 1.34. The predicted molar refractivity (Wildman–Crippen MR) is 35.5 cm³/mol. The van der Waals surface area contributed by atoms with Crippen molar-refractivity contribution < 1.29 is 14.6 Å². The van der Waals surface area contributed by atoms with Crippen molar-refractivity contribution in [3.05, 3.63) is 0 Å². The van der Waals surface area contributed by atoms with E-state index in [0.717, 1.165) is 5.75 Å². The van der Waals surface area contributed by atoms with Crippen LogP contribution in [-0.4, -0.2) is 29.5 Å². The summed E-state index contributed by atoms with van der Waals surface area (Å²) < 4.78 is 4.17. The van der Waals surface area contributed by atoms with Crippen molar-refractivity contribution in [2.45, 2.75) is 0 Å². The molecule has 0 fully saturated rings. The molecule has 3 N–H and O–H groups in total. The van der Waals surface area contributed by atoms with E-state index in [4.69, 9.17) is 10.8 Å². The van der Waals surface area contributed by atoms with Gasteiger partial charge < -0.3 is 15.6 Å². The van der Waals surface area contributed by atoms with Crippen molar-refractivity contribution >= 4 is 17.9 Å². The molecule has 0 bridgehead atoms. The third kappa shape index (κ3) is 7.58. The van der Waals surface area contributed by atoms with Crippen molar-refractivity contribution in [1.82, 2.24) is 0 Å². The zero-order valence-electron chi connectivity index (χ0n) is 4.87. The first-order valence-electron chi connectivity index (χ1n) is 2.41. The van der Waals surface area contributed by atoms with Crippen LogP contribution in [0.25, 0.3) is 0 Å².